The standard InChI is InChI=1S/C14H13BrClN/c1-9(17)11-5-12(7-13(15)6-11)10-3-2-4-14(16)8-10/h2-9H,17H2,1H3. The van der Waals surface area contributed by atoms with Gasteiger partial charge in [-0.1, -0.05) is 39.7 Å². The number of halogens is 2. The second-order valence-corrected chi connectivity index (χ2v) is 5.42. The molecular formula is C14H13BrClN. The van der Waals surface area contributed by atoms with Gasteiger partial charge in [-0.05, 0) is 53.9 Å². The van der Waals surface area contributed by atoms with Crippen LogP contribution in [0, 0.1) is 0 Å². The average molecular weight is 311 g/mol. The molecule has 2 N–H and O–H groups in total. The molecule has 1 atom stereocenters. The molecule has 2 rings (SSSR count). The van der Waals surface area contributed by atoms with E-state index < -0.39 is 0 Å². The van der Waals surface area contributed by atoms with Gasteiger partial charge in [0.25, 0.3) is 0 Å². The fraction of sp³-hybridized carbons (Fsp3) is 0.143. The second-order valence-electron chi connectivity index (χ2n) is 4.07. The van der Waals surface area contributed by atoms with Crippen LogP contribution in [0.1, 0.15) is 18.5 Å². The van der Waals surface area contributed by atoms with Gasteiger partial charge in [-0.25, -0.2) is 0 Å². The molecule has 2 aromatic carbocycles. The largest absolute Gasteiger partial charge is 0.324 e. The minimum absolute atomic E-state index is 0.0189. The van der Waals surface area contributed by atoms with Gasteiger partial charge in [0.05, 0.1) is 0 Å². The summed E-state index contributed by atoms with van der Waals surface area (Å²) in [5.74, 6) is 0. The van der Waals surface area contributed by atoms with Gasteiger partial charge in [0.2, 0.25) is 0 Å². The number of hydrogen-bond donors (Lipinski definition) is 1. The van der Waals surface area contributed by atoms with Gasteiger partial charge in [-0.2, -0.15) is 0 Å². The molecule has 0 spiro atoms. The zero-order chi connectivity index (χ0) is 12.4. The lowest BCUT2D eigenvalue weighted by Gasteiger charge is -2.10. The Morgan fingerprint density at radius 2 is 1.88 bits per heavy atom. The fourth-order valence-corrected chi connectivity index (χ4v) is 2.41. The molecule has 0 amide bonds. The Balaban J connectivity index is 2.52. The highest BCUT2D eigenvalue weighted by Crippen LogP contribution is 2.28. The zero-order valence-corrected chi connectivity index (χ0v) is 11.8. The van der Waals surface area contributed by atoms with E-state index >= 15 is 0 Å². The van der Waals surface area contributed by atoms with Crippen molar-refractivity contribution in [1.82, 2.24) is 0 Å². The molecule has 88 valence electrons. The summed E-state index contributed by atoms with van der Waals surface area (Å²) in [6.07, 6.45) is 0. The summed E-state index contributed by atoms with van der Waals surface area (Å²) in [5.41, 5.74) is 9.24. The van der Waals surface area contributed by atoms with Crippen molar-refractivity contribution in [3.8, 4) is 11.1 Å². The number of nitrogens with two attached hydrogens (primary N) is 1. The first kappa shape index (κ1) is 12.6. The quantitative estimate of drug-likeness (QED) is 0.848. The van der Waals surface area contributed by atoms with Crippen LogP contribution in [0.4, 0.5) is 0 Å². The highest BCUT2D eigenvalue weighted by atomic mass is 79.9. The van der Waals surface area contributed by atoms with Crippen molar-refractivity contribution in [2.45, 2.75) is 13.0 Å². The van der Waals surface area contributed by atoms with Gasteiger partial charge in [-0.3, -0.25) is 0 Å². The first-order chi connectivity index (χ1) is 8.06. The summed E-state index contributed by atoms with van der Waals surface area (Å²) in [6, 6.07) is 14.0. The monoisotopic (exact) mass is 309 g/mol. The van der Waals surface area contributed by atoms with E-state index in [2.05, 4.69) is 28.1 Å². The summed E-state index contributed by atoms with van der Waals surface area (Å²) in [4.78, 5) is 0. The van der Waals surface area contributed by atoms with E-state index in [9.17, 15) is 0 Å². The van der Waals surface area contributed by atoms with E-state index in [4.69, 9.17) is 17.3 Å². The Morgan fingerprint density at radius 3 is 2.53 bits per heavy atom. The number of rotatable bonds is 2. The van der Waals surface area contributed by atoms with Crippen LogP contribution in [0.15, 0.2) is 46.9 Å². The predicted molar refractivity (Wildman–Crippen MR) is 77.2 cm³/mol. The third kappa shape index (κ3) is 3.09. The lowest BCUT2D eigenvalue weighted by Crippen LogP contribution is -2.04. The van der Waals surface area contributed by atoms with Gasteiger partial charge in [0, 0.05) is 15.5 Å². The molecule has 0 saturated carbocycles. The Bertz CT molecular complexity index is 537. The SMILES string of the molecule is CC(N)c1cc(Br)cc(-c2cccc(Cl)c2)c1. The second kappa shape index (κ2) is 5.21. The van der Waals surface area contributed by atoms with E-state index in [1.54, 1.807) is 0 Å². The Hall–Kier alpha value is -0.830. The highest BCUT2D eigenvalue weighted by Gasteiger charge is 2.05. The van der Waals surface area contributed by atoms with Crippen molar-refractivity contribution >= 4 is 27.5 Å². The topological polar surface area (TPSA) is 26.0 Å². The van der Waals surface area contributed by atoms with Crippen LogP contribution in [0.25, 0.3) is 11.1 Å². The Labute approximate surface area is 115 Å². The van der Waals surface area contributed by atoms with Crippen molar-refractivity contribution in [2.75, 3.05) is 0 Å². The summed E-state index contributed by atoms with van der Waals surface area (Å²) >= 11 is 9.51. The first-order valence-electron chi connectivity index (χ1n) is 5.38. The van der Waals surface area contributed by atoms with Crippen molar-refractivity contribution in [2.24, 2.45) is 5.73 Å². The maximum atomic E-state index is 6.00. The van der Waals surface area contributed by atoms with E-state index in [1.165, 1.54) is 0 Å². The van der Waals surface area contributed by atoms with Crippen molar-refractivity contribution in [3.05, 3.63) is 57.5 Å². The molecular weight excluding hydrogens is 298 g/mol. The third-order valence-electron chi connectivity index (χ3n) is 2.60. The van der Waals surface area contributed by atoms with Crippen LogP contribution in [-0.2, 0) is 0 Å². The van der Waals surface area contributed by atoms with Gasteiger partial charge >= 0.3 is 0 Å². The Kier molecular flexibility index (Phi) is 3.87. The lowest BCUT2D eigenvalue weighted by atomic mass is 10.0. The molecule has 0 aromatic heterocycles. The molecule has 0 saturated heterocycles. The van der Waals surface area contributed by atoms with Crippen LogP contribution in [-0.4, -0.2) is 0 Å². The van der Waals surface area contributed by atoms with E-state index in [0.717, 1.165) is 26.2 Å². The molecule has 0 aliphatic heterocycles. The molecule has 2 aromatic rings. The molecule has 17 heavy (non-hydrogen) atoms. The van der Waals surface area contributed by atoms with Crippen LogP contribution in [0.2, 0.25) is 5.02 Å². The average Bonchev–Trinajstić information content (AvgIpc) is 2.28. The van der Waals surface area contributed by atoms with Crippen LogP contribution in [0.5, 0.6) is 0 Å². The van der Waals surface area contributed by atoms with Gasteiger partial charge in [0.15, 0.2) is 0 Å². The Morgan fingerprint density at radius 1 is 1.12 bits per heavy atom. The van der Waals surface area contributed by atoms with Crippen molar-refractivity contribution < 1.29 is 0 Å². The van der Waals surface area contributed by atoms with E-state index in [-0.39, 0.29) is 6.04 Å². The smallest absolute Gasteiger partial charge is 0.0412 e. The van der Waals surface area contributed by atoms with E-state index in [1.807, 2.05) is 37.3 Å². The first-order valence-corrected chi connectivity index (χ1v) is 6.55. The molecule has 0 aliphatic rings. The number of benzene rings is 2. The summed E-state index contributed by atoms with van der Waals surface area (Å²) < 4.78 is 1.03. The van der Waals surface area contributed by atoms with Crippen molar-refractivity contribution in [3.63, 3.8) is 0 Å². The third-order valence-corrected chi connectivity index (χ3v) is 3.30. The predicted octanol–water partition coefficient (Wildman–Crippen LogP) is 4.79. The molecule has 3 heteroatoms. The molecule has 1 unspecified atom stereocenters. The highest BCUT2D eigenvalue weighted by molar-refractivity contribution is 9.10. The molecule has 0 bridgehead atoms. The normalized spacial score (nSPS) is 12.5. The molecule has 0 fully saturated rings. The van der Waals surface area contributed by atoms with Crippen molar-refractivity contribution in [1.29, 1.82) is 0 Å². The summed E-state index contributed by atoms with van der Waals surface area (Å²) in [6.45, 7) is 1.98. The zero-order valence-electron chi connectivity index (χ0n) is 9.45. The minimum Gasteiger partial charge on any atom is -0.324 e. The maximum absolute atomic E-state index is 6.00. The molecule has 0 heterocycles. The molecule has 1 nitrogen and oxygen atoms in total. The molecule has 0 aliphatic carbocycles. The van der Waals surface area contributed by atoms with Gasteiger partial charge in [0.1, 0.15) is 0 Å². The van der Waals surface area contributed by atoms with Gasteiger partial charge in [-0.15, -0.1) is 0 Å². The van der Waals surface area contributed by atoms with Crippen LogP contribution >= 0.6 is 27.5 Å². The van der Waals surface area contributed by atoms with Crippen LogP contribution in [0.3, 0.4) is 0 Å². The maximum Gasteiger partial charge on any atom is 0.0412 e. The molecule has 0 radical (unpaired) electrons. The lowest BCUT2D eigenvalue weighted by molar-refractivity contribution is 0.818. The summed E-state index contributed by atoms with van der Waals surface area (Å²) in [7, 11) is 0. The fourth-order valence-electron chi connectivity index (χ4n) is 1.71. The van der Waals surface area contributed by atoms with Crippen LogP contribution < -0.4 is 5.73 Å². The number of hydrogen-bond acceptors (Lipinski definition) is 1. The minimum atomic E-state index is 0.0189. The summed E-state index contributed by atoms with van der Waals surface area (Å²) in [5, 5.41) is 0.741. The van der Waals surface area contributed by atoms with E-state index in [0.29, 0.717) is 0 Å². The van der Waals surface area contributed by atoms with Gasteiger partial charge < -0.3 is 5.73 Å².